The Hall–Kier alpha value is -3.18. The second kappa shape index (κ2) is 8.06. The highest BCUT2D eigenvalue weighted by molar-refractivity contribution is 6.02. The zero-order chi connectivity index (χ0) is 23.2. The van der Waals surface area contributed by atoms with Crippen molar-refractivity contribution in [1.82, 2.24) is 4.90 Å². The van der Waals surface area contributed by atoms with Crippen molar-refractivity contribution in [3.63, 3.8) is 0 Å². The molecule has 3 aromatic carbocycles. The van der Waals surface area contributed by atoms with Gasteiger partial charge in [-0.15, -0.1) is 0 Å². The van der Waals surface area contributed by atoms with Crippen molar-refractivity contribution in [1.29, 1.82) is 0 Å². The van der Waals surface area contributed by atoms with Crippen LogP contribution in [0.5, 0.6) is 5.75 Å². The molecule has 1 N–H and O–H groups in total. The van der Waals surface area contributed by atoms with E-state index in [0.717, 1.165) is 33.6 Å². The van der Waals surface area contributed by atoms with Gasteiger partial charge in [0.15, 0.2) is 5.72 Å². The first kappa shape index (κ1) is 22.0. The molecule has 0 saturated heterocycles. The Balaban J connectivity index is 1.86. The van der Waals surface area contributed by atoms with Crippen LogP contribution in [0.15, 0.2) is 48.5 Å². The lowest BCUT2D eigenvalue weighted by Gasteiger charge is -2.36. The van der Waals surface area contributed by atoms with Gasteiger partial charge in [-0.1, -0.05) is 24.3 Å². The standard InChI is InChI=1S/C27H28FNO3/c1-16-17(2)19(4)25-24(18(16)3)26(30)29(14-13-20-7-6-8-23(15-20)32-5)27(25,31)21-9-11-22(28)12-10-21/h6-12,15,31H,13-14H2,1-5H3. The lowest BCUT2D eigenvalue weighted by molar-refractivity contribution is -0.0497. The number of amides is 1. The van der Waals surface area contributed by atoms with E-state index in [0.29, 0.717) is 29.7 Å². The van der Waals surface area contributed by atoms with E-state index in [9.17, 15) is 14.3 Å². The molecule has 0 spiro atoms. The Labute approximate surface area is 188 Å². The first-order chi connectivity index (χ1) is 15.2. The molecule has 1 amide bonds. The third-order valence-corrected chi connectivity index (χ3v) is 6.89. The van der Waals surface area contributed by atoms with Crippen molar-refractivity contribution >= 4 is 5.91 Å². The third-order valence-electron chi connectivity index (χ3n) is 6.89. The average Bonchev–Trinajstić information content (AvgIpc) is 3.02. The Kier molecular flexibility index (Phi) is 5.55. The highest BCUT2D eigenvalue weighted by Crippen LogP contribution is 2.46. The number of aliphatic hydroxyl groups is 1. The molecular weight excluding hydrogens is 405 g/mol. The highest BCUT2D eigenvalue weighted by Gasteiger charge is 2.51. The number of hydrogen-bond acceptors (Lipinski definition) is 3. The van der Waals surface area contributed by atoms with Gasteiger partial charge in [0.05, 0.1) is 12.7 Å². The summed E-state index contributed by atoms with van der Waals surface area (Å²) in [6.45, 7) is 8.17. The number of carbonyl (C=O) groups excluding carboxylic acids is 1. The summed E-state index contributed by atoms with van der Waals surface area (Å²) in [5, 5.41) is 12.2. The van der Waals surface area contributed by atoms with Crippen LogP contribution in [0.1, 0.15) is 49.3 Å². The van der Waals surface area contributed by atoms with Gasteiger partial charge in [0.25, 0.3) is 5.91 Å². The van der Waals surface area contributed by atoms with E-state index in [-0.39, 0.29) is 5.91 Å². The first-order valence-electron chi connectivity index (χ1n) is 10.7. The zero-order valence-electron chi connectivity index (χ0n) is 19.1. The molecule has 0 aromatic heterocycles. The Morgan fingerprint density at radius 1 is 0.969 bits per heavy atom. The van der Waals surface area contributed by atoms with Crippen molar-refractivity contribution in [3.8, 4) is 5.75 Å². The largest absolute Gasteiger partial charge is 0.497 e. The molecule has 166 valence electrons. The van der Waals surface area contributed by atoms with Crippen LogP contribution in [-0.2, 0) is 12.1 Å². The number of methoxy groups -OCH3 is 1. The lowest BCUT2D eigenvalue weighted by atomic mass is 9.84. The minimum absolute atomic E-state index is 0.210. The monoisotopic (exact) mass is 433 g/mol. The maximum Gasteiger partial charge on any atom is 0.257 e. The van der Waals surface area contributed by atoms with Gasteiger partial charge in [-0.25, -0.2) is 4.39 Å². The maximum atomic E-state index is 13.7. The first-order valence-corrected chi connectivity index (χ1v) is 10.7. The van der Waals surface area contributed by atoms with Crippen molar-refractivity contribution in [2.24, 2.45) is 0 Å². The molecule has 1 heterocycles. The van der Waals surface area contributed by atoms with Gasteiger partial charge in [-0.05, 0) is 86.2 Å². The van der Waals surface area contributed by atoms with Crippen LogP contribution < -0.4 is 4.74 Å². The maximum absolute atomic E-state index is 13.7. The Bertz CT molecular complexity index is 1200. The highest BCUT2D eigenvalue weighted by atomic mass is 19.1. The van der Waals surface area contributed by atoms with Crippen LogP contribution in [0.3, 0.4) is 0 Å². The molecule has 0 saturated carbocycles. The van der Waals surface area contributed by atoms with Crippen LogP contribution in [0.4, 0.5) is 4.39 Å². The summed E-state index contributed by atoms with van der Waals surface area (Å²) in [7, 11) is 1.61. The fourth-order valence-corrected chi connectivity index (χ4v) is 4.75. The second-order valence-electron chi connectivity index (χ2n) is 8.49. The smallest absolute Gasteiger partial charge is 0.257 e. The summed E-state index contributed by atoms with van der Waals surface area (Å²) < 4.78 is 19.0. The number of ether oxygens (including phenoxy) is 1. The van der Waals surface area contributed by atoms with Crippen LogP contribution in [0.25, 0.3) is 0 Å². The summed E-state index contributed by atoms with van der Waals surface area (Å²) in [6, 6.07) is 13.4. The topological polar surface area (TPSA) is 49.8 Å². The van der Waals surface area contributed by atoms with E-state index < -0.39 is 11.5 Å². The quantitative estimate of drug-likeness (QED) is 0.619. The van der Waals surface area contributed by atoms with Crippen LogP contribution in [0, 0.1) is 33.5 Å². The van der Waals surface area contributed by atoms with Gasteiger partial charge in [0.2, 0.25) is 0 Å². The lowest BCUT2D eigenvalue weighted by Crippen LogP contribution is -2.46. The summed E-state index contributed by atoms with van der Waals surface area (Å²) in [4.78, 5) is 15.2. The van der Waals surface area contributed by atoms with E-state index in [1.807, 2.05) is 52.0 Å². The molecule has 0 bridgehead atoms. The normalized spacial score (nSPS) is 17.6. The van der Waals surface area contributed by atoms with Crippen molar-refractivity contribution in [2.75, 3.05) is 13.7 Å². The van der Waals surface area contributed by atoms with E-state index in [4.69, 9.17) is 4.74 Å². The number of halogens is 1. The third kappa shape index (κ3) is 3.28. The summed E-state index contributed by atoms with van der Waals surface area (Å²) in [5.41, 5.74) is 4.78. The average molecular weight is 434 g/mol. The fourth-order valence-electron chi connectivity index (χ4n) is 4.75. The van der Waals surface area contributed by atoms with Crippen LogP contribution in [0.2, 0.25) is 0 Å². The molecule has 0 fully saturated rings. The molecule has 3 aromatic rings. The summed E-state index contributed by atoms with van der Waals surface area (Å²) >= 11 is 0. The summed E-state index contributed by atoms with van der Waals surface area (Å²) in [6.07, 6.45) is 0.538. The fraction of sp³-hybridized carbons (Fsp3) is 0.296. The number of carbonyl (C=O) groups is 1. The van der Waals surface area contributed by atoms with Gasteiger partial charge in [0.1, 0.15) is 11.6 Å². The number of nitrogens with zero attached hydrogens (tertiary/aromatic N) is 1. The minimum atomic E-state index is -1.67. The molecule has 4 rings (SSSR count). The van der Waals surface area contributed by atoms with Gasteiger partial charge < -0.3 is 14.7 Å². The predicted octanol–water partition coefficient (Wildman–Crippen LogP) is 4.96. The molecule has 1 atom stereocenters. The van der Waals surface area contributed by atoms with E-state index >= 15 is 0 Å². The van der Waals surface area contributed by atoms with Gasteiger partial charge >= 0.3 is 0 Å². The number of benzene rings is 3. The van der Waals surface area contributed by atoms with E-state index in [2.05, 4.69) is 0 Å². The van der Waals surface area contributed by atoms with Gasteiger partial charge in [-0.3, -0.25) is 4.79 Å². The predicted molar refractivity (Wildman–Crippen MR) is 123 cm³/mol. The van der Waals surface area contributed by atoms with Crippen molar-refractivity contribution in [3.05, 3.63) is 98.9 Å². The number of rotatable bonds is 5. The van der Waals surface area contributed by atoms with Crippen molar-refractivity contribution < 1.29 is 19.0 Å². The van der Waals surface area contributed by atoms with Crippen molar-refractivity contribution in [2.45, 2.75) is 39.8 Å². The molecular formula is C27H28FNO3. The molecule has 4 nitrogen and oxygen atoms in total. The van der Waals surface area contributed by atoms with Gasteiger partial charge in [0, 0.05) is 17.7 Å². The molecule has 32 heavy (non-hydrogen) atoms. The SMILES string of the molecule is COc1cccc(CCN2C(=O)c3c(C)c(C)c(C)c(C)c3C2(O)c2ccc(F)cc2)c1. The number of fused-ring (bicyclic) bond motifs is 1. The molecule has 1 aliphatic heterocycles. The van der Waals surface area contributed by atoms with Gasteiger partial charge in [-0.2, -0.15) is 0 Å². The minimum Gasteiger partial charge on any atom is -0.497 e. The molecule has 0 radical (unpaired) electrons. The second-order valence-corrected chi connectivity index (χ2v) is 8.49. The zero-order valence-corrected chi connectivity index (χ0v) is 19.1. The molecule has 5 heteroatoms. The van der Waals surface area contributed by atoms with E-state index in [1.54, 1.807) is 19.2 Å². The van der Waals surface area contributed by atoms with Crippen LogP contribution >= 0.6 is 0 Å². The van der Waals surface area contributed by atoms with Crippen LogP contribution in [-0.4, -0.2) is 29.6 Å². The molecule has 1 aliphatic rings. The Morgan fingerprint density at radius 2 is 1.62 bits per heavy atom. The van der Waals surface area contributed by atoms with E-state index in [1.165, 1.54) is 17.0 Å². The molecule has 0 aliphatic carbocycles. The number of hydrogen-bond donors (Lipinski definition) is 1. The Morgan fingerprint density at radius 3 is 2.28 bits per heavy atom. The molecule has 1 unspecified atom stereocenters. The summed E-state index contributed by atoms with van der Waals surface area (Å²) in [5.74, 6) is 0.140.